The van der Waals surface area contributed by atoms with Gasteiger partial charge >= 0.3 is 5.97 Å². The summed E-state index contributed by atoms with van der Waals surface area (Å²) in [5.74, 6) is -0.135. The largest absolute Gasteiger partial charge is 0.495 e. The summed E-state index contributed by atoms with van der Waals surface area (Å²) in [4.78, 5) is 11.7. The second-order valence-corrected chi connectivity index (χ2v) is 3.46. The van der Waals surface area contributed by atoms with E-state index in [1.807, 2.05) is 0 Å². The number of carbonyl (C=O) groups is 1. The lowest BCUT2D eigenvalue weighted by molar-refractivity contribution is -0.153. The molecule has 0 spiro atoms. The van der Waals surface area contributed by atoms with E-state index in [0.29, 0.717) is 10.6 Å². The molecule has 0 aliphatic heterocycles. The predicted molar refractivity (Wildman–Crippen MR) is 52.5 cm³/mol. The van der Waals surface area contributed by atoms with Gasteiger partial charge in [-0.3, -0.25) is 0 Å². The van der Waals surface area contributed by atoms with Crippen molar-refractivity contribution in [2.24, 2.45) is 0 Å². The first-order valence-corrected chi connectivity index (χ1v) is 5.04. The molecule has 1 atom stereocenters. The molecular weight excluding hydrogens is 204 g/mol. The van der Waals surface area contributed by atoms with Gasteiger partial charge < -0.3 is 14.6 Å². The maximum absolute atomic E-state index is 11.2. The molecule has 0 saturated carbocycles. The zero-order chi connectivity index (χ0) is 10.6. The smallest absolute Gasteiger partial charge is 0.340 e. The molecule has 14 heavy (non-hydrogen) atoms. The lowest BCUT2D eigenvalue weighted by atomic mass is 10.3. The molecule has 0 bridgehead atoms. The van der Waals surface area contributed by atoms with Gasteiger partial charge in [0.15, 0.2) is 6.10 Å². The molecule has 4 nitrogen and oxygen atoms in total. The highest BCUT2D eigenvalue weighted by Crippen LogP contribution is 2.31. The number of esters is 1. The summed E-state index contributed by atoms with van der Waals surface area (Å²) >= 11 is 1.26. The quantitative estimate of drug-likeness (QED) is 0.772. The van der Waals surface area contributed by atoms with Crippen LogP contribution in [0.2, 0.25) is 0 Å². The van der Waals surface area contributed by atoms with Gasteiger partial charge in [-0.2, -0.15) is 0 Å². The third-order valence-corrected chi connectivity index (χ3v) is 2.59. The summed E-state index contributed by atoms with van der Waals surface area (Å²) in [5, 5.41) is 11.3. The number of hydrogen-bond acceptors (Lipinski definition) is 5. The Morgan fingerprint density at radius 1 is 1.71 bits per heavy atom. The monoisotopic (exact) mass is 216 g/mol. The van der Waals surface area contributed by atoms with Gasteiger partial charge in [0.25, 0.3) is 0 Å². The van der Waals surface area contributed by atoms with E-state index in [-0.39, 0.29) is 6.61 Å². The van der Waals surface area contributed by atoms with Crippen LogP contribution in [0.25, 0.3) is 0 Å². The first kappa shape index (κ1) is 11.0. The van der Waals surface area contributed by atoms with Crippen LogP contribution in [-0.4, -0.2) is 24.8 Å². The van der Waals surface area contributed by atoms with Gasteiger partial charge in [-0.15, -0.1) is 11.3 Å². The Kier molecular flexibility index (Phi) is 3.91. The number of carbonyl (C=O) groups excluding carboxylic acids is 1. The van der Waals surface area contributed by atoms with E-state index in [1.165, 1.54) is 18.4 Å². The normalized spacial score (nSPS) is 12.2. The van der Waals surface area contributed by atoms with Crippen LogP contribution < -0.4 is 4.74 Å². The summed E-state index contributed by atoms with van der Waals surface area (Å²) in [6.07, 6.45) is -1.25. The van der Waals surface area contributed by atoms with Gasteiger partial charge in [-0.05, 0) is 18.4 Å². The average Bonchev–Trinajstić information content (AvgIpc) is 2.64. The van der Waals surface area contributed by atoms with Crippen LogP contribution in [-0.2, 0) is 9.53 Å². The standard InChI is InChI=1S/C9H12O4S/c1-3-13-9(11)7(10)8-6(12-2)4-5-14-8/h4-5,7,10H,3H2,1-2H3/t7-/m0/s1. The molecule has 1 heterocycles. The topological polar surface area (TPSA) is 55.8 Å². The van der Waals surface area contributed by atoms with Crippen molar-refractivity contribution in [3.8, 4) is 5.75 Å². The number of rotatable bonds is 4. The average molecular weight is 216 g/mol. The molecule has 0 aromatic carbocycles. The maximum Gasteiger partial charge on any atom is 0.340 e. The van der Waals surface area contributed by atoms with Gasteiger partial charge in [0.2, 0.25) is 0 Å². The molecule has 1 aromatic heterocycles. The minimum absolute atomic E-state index is 0.254. The van der Waals surface area contributed by atoms with Crippen LogP contribution in [0.5, 0.6) is 5.75 Å². The van der Waals surface area contributed by atoms with Gasteiger partial charge in [0.05, 0.1) is 18.6 Å². The van der Waals surface area contributed by atoms with Crippen LogP contribution in [0.1, 0.15) is 17.9 Å². The lowest BCUT2D eigenvalue weighted by Gasteiger charge is -2.09. The maximum atomic E-state index is 11.2. The Balaban J connectivity index is 2.77. The molecule has 0 unspecified atom stereocenters. The van der Waals surface area contributed by atoms with Crippen LogP contribution in [0, 0.1) is 0 Å². The van der Waals surface area contributed by atoms with Gasteiger partial charge in [0, 0.05) is 0 Å². The van der Waals surface area contributed by atoms with Gasteiger partial charge in [-0.1, -0.05) is 0 Å². The number of thiophene rings is 1. The first-order valence-electron chi connectivity index (χ1n) is 4.16. The first-order chi connectivity index (χ1) is 6.70. The predicted octanol–water partition coefficient (Wildman–Crippen LogP) is 1.35. The number of aliphatic hydroxyl groups excluding tert-OH is 1. The molecular formula is C9H12O4S. The highest BCUT2D eigenvalue weighted by atomic mass is 32.1. The minimum Gasteiger partial charge on any atom is -0.495 e. The highest BCUT2D eigenvalue weighted by molar-refractivity contribution is 7.10. The number of aliphatic hydroxyl groups is 1. The molecule has 5 heteroatoms. The molecule has 0 radical (unpaired) electrons. The zero-order valence-electron chi connectivity index (χ0n) is 8.02. The summed E-state index contributed by atoms with van der Waals surface area (Å²) in [6.45, 7) is 1.94. The van der Waals surface area contributed by atoms with E-state index >= 15 is 0 Å². The fourth-order valence-corrected chi connectivity index (χ4v) is 1.84. The third-order valence-electron chi connectivity index (χ3n) is 1.64. The van der Waals surface area contributed by atoms with Crippen molar-refractivity contribution in [3.63, 3.8) is 0 Å². The van der Waals surface area contributed by atoms with Crippen molar-refractivity contribution >= 4 is 17.3 Å². The van der Waals surface area contributed by atoms with E-state index in [4.69, 9.17) is 4.74 Å². The molecule has 0 saturated heterocycles. The summed E-state index contributed by atoms with van der Waals surface area (Å²) in [5.41, 5.74) is 0. The number of ether oxygens (including phenoxy) is 2. The van der Waals surface area contributed by atoms with Crippen LogP contribution in [0.3, 0.4) is 0 Å². The lowest BCUT2D eigenvalue weighted by Crippen LogP contribution is -2.14. The second-order valence-electron chi connectivity index (χ2n) is 2.51. The molecule has 78 valence electrons. The van der Waals surface area contributed by atoms with Gasteiger partial charge in [0.1, 0.15) is 5.75 Å². The fraction of sp³-hybridized carbons (Fsp3) is 0.444. The summed E-state index contributed by atoms with van der Waals surface area (Å²) in [6, 6.07) is 1.70. The number of hydrogen-bond donors (Lipinski definition) is 1. The Morgan fingerprint density at radius 2 is 2.43 bits per heavy atom. The molecule has 1 rings (SSSR count). The molecule has 0 fully saturated rings. The molecule has 0 aliphatic carbocycles. The molecule has 0 amide bonds. The number of methoxy groups -OCH3 is 1. The van der Waals surface area contributed by atoms with E-state index < -0.39 is 12.1 Å². The molecule has 1 N–H and O–H groups in total. The van der Waals surface area contributed by atoms with Crippen LogP contribution in [0.4, 0.5) is 0 Å². The Morgan fingerprint density at radius 3 is 3.00 bits per heavy atom. The van der Waals surface area contributed by atoms with E-state index in [9.17, 15) is 9.90 Å². The van der Waals surface area contributed by atoms with Crippen molar-refractivity contribution in [2.45, 2.75) is 13.0 Å². The Hall–Kier alpha value is -1.07. The molecule has 1 aromatic rings. The van der Waals surface area contributed by atoms with Crippen molar-refractivity contribution in [1.29, 1.82) is 0 Å². The summed E-state index contributed by atoms with van der Waals surface area (Å²) in [7, 11) is 1.49. The fourth-order valence-electron chi connectivity index (χ4n) is 1.01. The second kappa shape index (κ2) is 4.97. The van der Waals surface area contributed by atoms with Gasteiger partial charge in [-0.25, -0.2) is 4.79 Å². The van der Waals surface area contributed by atoms with Crippen molar-refractivity contribution in [3.05, 3.63) is 16.3 Å². The minimum atomic E-state index is -1.25. The van der Waals surface area contributed by atoms with Crippen LogP contribution >= 0.6 is 11.3 Å². The third kappa shape index (κ3) is 2.24. The van der Waals surface area contributed by atoms with Crippen LogP contribution in [0.15, 0.2) is 11.4 Å². The Bertz CT molecular complexity index is 308. The molecule has 0 aliphatic rings. The highest BCUT2D eigenvalue weighted by Gasteiger charge is 2.23. The van der Waals surface area contributed by atoms with E-state index in [2.05, 4.69) is 4.74 Å². The zero-order valence-corrected chi connectivity index (χ0v) is 8.84. The van der Waals surface area contributed by atoms with E-state index in [0.717, 1.165) is 0 Å². The summed E-state index contributed by atoms with van der Waals surface area (Å²) < 4.78 is 9.67. The SMILES string of the molecule is CCOC(=O)[C@@H](O)c1sccc1OC. The Labute approximate surface area is 86.1 Å². The van der Waals surface area contributed by atoms with Crippen molar-refractivity contribution < 1.29 is 19.4 Å². The van der Waals surface area contributed by atoms with Crippen molar-refractivity contribution in [1.82, 2.24) is 0 Å². The van der Waals surface area contributed by atoms with Crippen molar-refractivity contribution in [2.75, 3.05) is 13.7 Å². The van der Waals surface area contributed by atoms with E-state index in [1.54, 1.807) is 18.4 Å².